The number of hydrogen-bond acceptors (Lipinski definition) is 2. The fraction of sp³-hybridized carbons (Fsp3) is 0.667. The van der Waals surface area contributed by atoms with E-state index < -0.39 is 0 Å². The SMILES string of the molecule is C=CC(=O)C1CCCC(N)C1. The molecular weight excluding hydrogens is 138 g/mol. The number of carbonyl (C=O) groups excluding carboxylic acids is 1. The Balaban J connectivity index is 2.45. The van der Waals surface area contributed by atoms with Crippen LogP contribution in [0.1, 0.15) is 25.7 Å². The molecule has 0 aromatic carbocycles. The summed E-state index contributed by atoms with van der Waals surface area (Å²) in [5.74, 6) is 0.330. The first-order chi connectivity index (χ1) is 5.24. The Bertz CT molecular complexity index is 165. The number of hydrogen-bond donors (Lipinski definition) is 1. The van der Waals surface area contributed by atoms with Gasteiger partial charge in [-0.15, -0.1) is 0 Å². The van der Waals surface area contributed by atoms with Crippen LogP contribution in [0.4, 0.5) is 0 Å². The molecule has 62 valence electrons. The summed E-state index contributed by atoms with van der Waals surface area (Å²) in [7, 11) is 0. The van der Waals surface area contributed by atoms with E-state index in [1.54, 1.807) is 0 Å². The number of carbonyl (C=O) groups is 1. The van der Waals surface area contributed by atoms with Gasteiger partial charge < -0.3 is 5.73 Å². The predicted octanol–water partition coefficient (Wildman–Crippen LogP) is 1.26. The average molecular weight is 153 g/mol. The number of ketones is 1. The fourth-order valence-corrected chi connectivity index (χ4v) is 1.65. The van der Waals surface area contributed by atoms with E-state index in [-0.39, 0.29) is 17.7 Å². The Hall–Kier alpha value is -0.630. The Kier molecular flexibility index (Phi) is 2.83. The van der Waals surface area contributed by atoms with Gasteiger partial charge in [-0.3, -0.25) is 4.79 Å². The van der Waals surface area contributed by atoms with Crippen molar-refractivity contribution in [2.24, 2.45) is 11.7 Å². The Morgan fingerprint density at radius 1 is 1.55 bits per heavy atom. The zero-order valence-corrected chi connectivity index (χ0v) is 6.75. The van der Waals surface area contributed by atoms with Crippen molar-refractivity contribution in [2.45, 2.75) is 31.7 Å². The zero-order chi connectivity index (χ0) is 8.27. The molecule has 0 bridgehead atoms. The second kappa shape index (κ2) is 3.67. The van der Waals surface area contributed by atoms with Gasteiger partial charge in [0.05, 0.1) is 0 Å². The molecule has 2 heteroatoms. The summed E-state index contributed by atoms with van der Waals surface area (Å²) in [5.41, 5.74) is 5.73. The van der Waals surface area contributed by atoms with Crippen molar-refractivity contribution in [3.63, 3.8) is 0 Å². The van der Waals surface area contributed by atoms with Crippen LogP contribution in [0.15, 0.2) is 12.7 Å². The minimum absolute atomic E-state index is 0.163. The second-order valence-corrected chi connectivity index (χ2v) is 3.23. The second-order valence-electron chi connectivity index (χ2n) is 3.23. The Morgan fingerprint density at radius 3 is 2.82 bits per heavy atom. The fourth-order valence-electron chi connectivity index (χ4n) is 1.65. The van der Waals surface area contributed by atoms with Crippen LogP contribution >= 0.6 is 0 Å². The van der Waals surface area contributed by atoms with E-state index in [0.717, 1.165) is 25.7 Å². The van der Waals surface area contributed by atoms with Crippen LogP contribution in [0, 0.1) is 5.92 Å². The number of nitrogens with two attached hydrogens (primary N) is 1. The van der Waals surface area contributed by atoms with Crippen molar-refractivity contribution in [1.29, 1.82) is 0 Å². The van der Waals surface area contributed by atoms with Crippen molar-refractivity contribution in [2.75, 3.05) is 0 Å². The molecular formula is C9H15NO. The maximum atomic E-state index is 11.1. The quantitative estimate of drug-likeness (QED) is 0.607. The van der Waals surface area contributed by atoms with Crippen LogP contribution < -0.4 is 5.73 Å². The molecule has 2 nitrogen and oxygen atoms in total. The molecule has 1 fully saturated rings. The van der Waals surface area contributed by atoms with Crippen molar-refractivity contribution in [3.05, 3.63) is 12.7 Å². The third-order valence-corrected chi connectivity index (χ3v) is 2.32. The first-order valence-corrected chi connectivity index (χ1v) is 4.16. The highest BCUT2D eigenvalue weighted by molar-refractivity contribution is 5.91. The minimum Gasteiger partial charge on any atom is -0.328 e. The molecule has 11 heavy (non-hydrogen) atoms. The molecule has 2 unspecified atom stereocenters. The van der Waals surface area contributed by atoms with Gasteiger partial charge in [-0.1, -0.05) is 13.0 Å². The lowest BCUT2D eigenvalue weighted by Gasteiger charge is -2.24. The molecule has 0 aromatic rings. The van der Waals surface area contributed by atoms with E-state index in [2.05, 4.69) is 6.58 Å². The predicted molar refractivity (Wildman–Crippen MR) is 45.1 cm³/mol. The molecule has 2 N–H and O–H groups in total. The molecule has 0 radical (unpaired) electrons. The largest absolute Gasteiger partial charge is 0.328 e. The molecule has 0 saturated heterocycles. The molecule has 2 atom stereocenters. The van der Waals surface area contributed by atoms with Crippen molar-refractivity contribution in [1.82, 2.24) is 0 Å². The minimum atomic E-state index is 0.163. The highest BCUT2D eigenvalue weighted by atomic mass is 16.1. The third kappa shape index (κ3) is 2.15. The molecule has 0 aliphatic heterocycles. The van der Waals surface area contributed by atoms with E-state index in [4.69, 9.17) is 5.73 Å². The molecule has 1 saturated carbocycles. The van der Waals surface area contributed by atoms with Gasteiger partial charge in [-0.25, -0.2) is 0 Å². The van der Waals surface area contributed by atoms with Crippen LogP contribution in [0.2, 0.25) is 0 Å². The van der Waals surface area contributed by atoms with Gasteiger partial charge in [0.25, 0.3) is 0 Å². The van der Waals surface area contributed by atoms with Crippen LogP contribution in [-0.2, 0) is 4.79 Å². The first kappa shape index (κ1) is 8.47. The lowest BCUT2D eigenvalue weighted by Crippen LogP contribution is -2.30. The van der Waals surface area contributed by atoms with Gasteiger partial charge in [-0.05, 0) is 25.3 Å². The van der Waals surface area contributed by atoms with Crippen molar-refractivity contribution in [3.8, 4) is 0 Å². The maximum Gasteiger partial charge on any atom is 0.158 e. The first-order valence-electron chi connectivity index (χ1n) is 4.16. The summed E-state index contributed by atoms with van der Waals surface area (Å²) >= 11 is 0. The van der Waals surface area contributed by atoms with Crippen LogP contribution in [0.5, 0.6) is 0 Å². The molecule has 1 aliphatic rings. The molecule has 1 rings (SSSR count). The van der Waals surface area contributed by atoms with Crippen molar-refractivity contribution >= 4 is 5.78 Å². The molecule has 0 aromatic heterocycles. The molecule has 0 spiro atoms. The van der Waals surface area contributed by atoms with E-state index in [9.17, 15) is 4.79 Å². The van der Waals surface area contributed by atoms with Crippen LogP contribution in [-0.4, -0.2) is 11.8 Å². The Morgan fingerprint density at radius 2 is 2.27 bits per heavy atom. The molecule has 0 amide bonds. The summed E-state index contributed by atoms with van der Waals surface area (Å²) in [6.07, 6.45) is 5.43. The van der Waals surface area contributed by atoms with Gasteiger partial charge in [0.15, 0.2) is 5.78 Å². The van der Waals surface area contributed by atoms with Crippen LogP contribution in [0.25, 0.3) is 0 Å². The van der Waals surface area contributed by atoms with Crippen molar-refractivity contribution < 1.29 is 4.79 Å². The van der Waals surface area contributed by atoms with Gasteiger partial charge in [-0.2, -0.15) is 0 Å². The summed E-state index contributed by atoms with van der Waals surface area (Å²) < 4.78 is 0. The number of allylic oxidation sites excluding steroid dienone is 1. The lowest BCUT2D eigenvalue weighted by molar-refractivity contribution is -0.119. The Labute approximate surface area is 67.5 Å². The van der Waals surface area contributed by atoms with E-state index in [0.29, 0.717) is 0 Å². The third-order valence-electron chi connectivity index (χ3n) is 2.32. The summed E-state index contributed by atoms with van der Waals surface area (Å²) in [6.45, 7) is 3.47. The summed E-state index contributed by atoms with van der Waals surface area (Å²) in [5, 5.41) is 0. The lowest BCUT2D eigenvalue weighted by atomic mass is 9.83. The molecule has 0 heterocycles. The van der Waals surface area contributed by atoms with E-state index in [1.807, 2.05) is 0 Å². The summed E-state index contributed by atoms with van der Waals surface area (Å²) in [6, 6.07) is 0.234. The average Bonchev–Trinajstić information content (AvgIpc) is 2.03. The summed E-state index contributed by atoms with van der Waals surface area (Å²) in [4.78, 5) is 11.1. The standard InChI is InChI=1S/C9H15NO/c1-2-9(11)7-4-3-5-8(10)6-7/h2,7-8H,1,3-6,10H2. The van der Waals surface area contributed by atoms with Gasteiger partial charge >= 0.3 is 0 Å². The van der Waals surface area contributed by atoms with Crippen LogP contribution in [0.3, 0.4) is 0 Å². The zero-order valence-electron chi connectivity index (χ0n) is 6.75. The van der Waals surface area contributed by atoms with Gasteiger partial charge in [0.1, 0.15) is 0 Å². The van der Waals surface area contributed by atoms with E-state index in [1.165, 1.54) is 6.08 Å². The van der Waals surface area contributed by atoms with E-state index >= 15 is 0 Å². The van der Waals surface area contributed by atoms with Gasteiger partial charge in [0.2, 0.25) is 0 Å². The van der Waals surface area contributed by atoms with Gasteiger partial charge in [0, 0.05) is 12.0 Å². The highest BCUT2D eigenvalue weighted by Crippen LogP contribution is 2.23. The topological polar surface area (TPSA) is 43.1 Å². The normalized spacial score (nSPS) is 31.4. The highest BCUT2D eigenvalue weighted by Gasteiger charge is 2.22. The molecule has 1 aliphatic carbocycles. The monoisotopic (exact) mass is 153 g/mol. The maximum absolute atomic E-state index is 11.1. The number of rotatable bonds is 2. The smallest absolute Gasteiger partial charge is 0.158 e.